The summed E-state index contributed by atoms with van der Waals surface area (Å²) < 4.78 is 4.89. The Morgan fingerprint density at radius 3 is 2.77 bits per heavy atom. The summed E-state index contributed by atoms with van der Waals surface area (Å²) in [5.74, 6) is 0.355. The van der Waals surface area contributed by atoms with E-state index in [0.717, 1.165) is 0 Å². The van der Waals surface area contributed by atoms with Gasteiger partial charge in [0.1, 0.15) is 0 Å². The van der Waals surface area contributed by atoms with Gasteiger partial charge in [-0.2, -0.15) is 0 Å². The third-order valence-corrected chi connectivity index (χ3v) is 1.85. The normalized spacial score (nSPS) is 12.5. The van der Waals surface area contributed by atoms with Crippen molar-refractivity contribution in [1.82, 2.24) is 0 Å². The van der Waals surface area contributed by atoms with Gasteiger partial charge in [0.25, 0.3) is 0 Å². The first-order chi connectivity index (χ1) is 6.20. The lowest BCUT2D eigenvalue weighted by Crippen LogP contribution is -2.14. The lowest BCUT2D eigenvalue weighted by molar-refractivity contribution is 0.264. The van der Waals surface area contributed by atoms with Crippen LogP contribution >= 0.6 is 0 Å². The molecule has 0 fully saturated rings. The standard InChI is InChI=1S/C9H13NO3/c1-13-8-4-2-3-6(9(8)12)7(10)5-11/h2-4,7,11-12H,5,10H2,1H3/t7-/m0/s1. The Kier molecular flexibility index (Phi) is 3.11. The van der Waals surface area contributed by atoms with Gasteiger partial charge in [0, 0.05) is 5.56 Å². The lowest BCUT2D eigenvalue weighted by Gasteiger charge is -2.12. The highest BCUT2D eigenvalue weighted by molar-refractivity contribution is 5.46. The van der Waals surface area contributed by atoms with Gasteiger partial charge in [-0.3, -0.25) is 0 Å². The number of ether oxygens (including phenoxy) is 1. The molecule has 0 amide bonds. The van der Waals surface area contributed by atoms with Gasteiger partial charge in [-0.05, 0) is 6.07 Å². The number of hydrogen-bond donors (Lipinski definition) is 3. The molecule has 0 saturated heterocycles. The van der Waals surface area contributed by atoms with Crippen LogP contribution in [0.15, 0.2) is 18.2 Å². The number of rotatable bonds is 3. The Morgan fingerprint density at radius 1 is 1.54 bits per heavy atom. The van der Waals surface area contributed by atoms with Crippen LogP contribution in [0.1, 0.15) is 11.6 Å². The van der Waals surface area contributed by atoms with E-state index in [1.807, 2.05) is 0 Å². The first-order valence-corrected chi connectivity index (χ1v) is 3.93. The largest absolute Gasteiger partial charge is 0.504 e. The van der Waals surface area contributed by atoms with Crippen LogP contribution in [-0.2, 0) is 0 Å². The number of aliphatic hydroxyl groups is 1. The molecule has 0 aliphatic heterocycles. The van der Waals surface area contributed by atoms with Crippen LogP contribution in [0.4, 0.5) is 0 Å². The number of benzene rings is 1. The second-order valence-electron chi connectivity index (χ2n) is 2.69. The van der Waals surface area contributed by atoms with Crippen molar-refractivity contribution in [1.29, 1.82) is 0 Å². The van der Waals surface area contributed by atoms with E-state index in [0.29, 0.717) is 11.3 Å². The topological polar surface area (TPSA) is 75.7 Å². The molecule has 0 spiro atoms. The van der Waals surface area contributed by atoms with Crippen LogP contribution in [-0.4, -0.2) is 23.9 Å². The SMILES string of the molecule is COc1cccc([C@@H](N)CO)c1O. The summed E-state index contributed by atoms with van der Waals surface area (Å²) >= 11 is 0. The first kappa shape index (κ1) is 9.83. The van der Waals surface area contributed by atoms with Gasteiger partial charge < -0.3 is 20.7 Å². The zero-order valence-electron chi connectivity index (χ0n) is 7.40. The van der Waals surface area contributed by atoms with Gasteiger partial charge >= 0.3 is 0 Å². The lowest BCUT2D eigenvalue weighted by atomic mass is 10.1. The molecule has 0 saturated carbocycles. The van der Waals surface area contributed by atoms with Gasteiger partial charge in [-0.25, -0.2) is 0 Å². The second kappa shape index (κ2) is 4.11. The number of phenols is 1. The molecule has 1 aromatic carbocycles. The van der Waals surface area contributed by atoms with Crippen LogP contribution in [0.3, 0.4) is 0 Å². The van der Waals surface area contributed by atoms with Crippen molar-refractivity contribution in [2.75, 3.05) is 13.7 Å². The fourth-order valence-corrected chi connectivity index (χ4v) is 1.10. The Hall–Kier alpha value is -1.26. The van der Waals surface area contributed by atoms with Crippen molar-refractivity contribution in [3.63, 3.8) is 0 Å². The van der Waals surface area contributed by atoms with Gasteiger partial charge in [-0.1, -0.05) is 12.1 Å². The van der Waals surface area contributed by atoms with Crippen molar-refractivity contribution in [2.45, 2.75) is 6.04 Å². The highest BCUT2D eigenvalue weighted by Crippen LogP contribution is 2.32. The summed E-state index contributed by atoms with van der Waals surface area (Å²) in [6, 6.07) is 4.42. The maximum Gasteiger partial charge on any atom is 0.162 e. The van der Waals surface area contributed by atoms with Gasteiger partial charge in [0.15, 0.2) is 11.5 Å². The Bertz CT molecular complexity index is 288. The number of nitrogens with two attached hydrogens (primary N) is 1. The molecule has 0 aliphatic carbocycles. The van der Waals surface area contributed by atoms with Crippen molar-refractivity contribution < 1.29 is 14.9 Å². The third kappa shape index (κ3) is 1.91. The van der Waals surface area contributed by atoms with Gasteiger partial charge in [0.2, 0.25) is 0 Å². The molecular weight excluding hydrogens is 170 g/mol. The molecule has 4 N–H and O–H groups in total. The molecule has 0 aromatic heterocycles. The maximum atomic E-state index is 9.57. The molecule has 1 aromatic rings. The fraction of sp³-hybridized carbons (Fsp3) is 0.333. The molecule has 0 bridgehead atoms. The molecule has 1 rings (SSSR count). The highest BCUT2D eigenvalue weighted by atomic mass is 16.5. The minimum absolute atomic E-state index is 0.00782. The van der Waals surface area contributed by atoms with E-state index in [1.165, 1.54) is 7.11 Å². The second-order valence-corrected chi connectivity index (χ2v) is 2.69. The van der Waals surface area contributed by atoms with Crippen molar-refractivity contribution in [2.24, 2.45) is 5.73 Å². The number of methoxy groups -OCH3 is 1. The summed E-state index contributed by atoms with van der Waals surface area (Å²) in [5.41, 5.74) is 6.04. The fourth-order valence-electron chi connectivity index (χ4n) is 1.10. The van der Waals surface area contributed by atoms with Crippen LogP contribution in [0.5, 0.6) is 11.5 Å². The summed E-state index contributed by atoms with van der Waals surface area (Å²) in [6.45, 7) is -0.208. The minimum atomic E-state index is -0.574. The molecule has 1 atom stereocenters. The number of aromatic hydroxyl groups is 1. The third-order valence-electron chi connectivity index (χ3n) is 1.85. The number of para-hydroxylation sites is 1. The molecule has 0 heterocycles. The molecule has 13 heavy (non-hydrogen) atoms. The molecule has 0 radical (unpaired) electrons. The van der Waals surface area contributed by atoms with Crippen LogP contribution in [0.25, 0.3) is 0 Å². The predicted octanol–water partition coefficient (Wildman–Crippen LogP) is 0.393. The smallest absolute Gasteiger partial charge is 0.162 e. The van der Waals surface area contributed by atoms with Gasteiger partial charge in [-0.15, -0.1) is 0 Å². The quantitative estimate of drug-likeness (QED) is 0.633. The van der Waals surface area contributed by atoms with E-state index in [4.69, 9.17) is 15.6 Å². The van der Waals surface area contributed by atoms with Crippen LogP contribution < -0.4 is 10.5 Å². The molecular formula is C9H13NO3. The summed E-state index contributed by atoms with van der Waals surface area (Å²) in [6.07, 6.45) is 0. The molecule has 4 nitrogen and oxygen atoms in total. The van der Waals surface area contributed by atoms with E-state index in [1.54, 1.807) is 18.2 Å². The number of aliphatic hydroxyl groups excluding tert-OH is 1. The summed E-state index contributed by atoms with van der Waals surface area (Å²) in [7, 11) is 1.46. The van der Waals surface area contributed by atoms with Crippen molar-refractivity contribution >= 4 is 0 Å². The van der Waals surface area contributed by atoms with E-state index in [9.17, 15) is 5.11 Å². The molecule has 72 valence electrons. The Labute approximate surface area is 76.6 Å². The maximum absolute atomic E-state index is 9.57. The average Bonchev–Trinajstić information content (AvgIpc) is 2.17. The average molecular weight is 183 g/mol. The molecule has 4 heteroatoms. The van der Waals surface area contributed by atoms with Crippen molar-refractivity contribution in [3.05, 3.63) is 23.8 Å². The van der Waals surface area contributed by atoms with E-state index in [-0.39, 0.29) is 12.4 Å². The zero-order chi connectivity index (χ0) is 9.84. The van der Waals surface area contributed by atoms with Crippen LogP contribution in [0.2, 0.25) is 0 Å². The van der Waals surface area contributed by atoms with Crippen LogP contribution in [0, 0.1) is 0 Å². The zero-order valence-corrected chi connectivity index (χ0v) is 7.40. The van der Waals surface area contributed by atoms with E-state index >= 15 is 0 Å². The monoisotopic (exact) mass is 183 g/mol. The van der Waals surface area contributed by atoms with Gasteiger partial charge in [0.05, 0.1) is 19.8 Å². The molecule has 0 unspecified atom stereocenters. The number of hydrogen-bond acceptors (Lipinski definition) is 4. The Balaban J connectivity index is 3.08. The van der Waals surface area contributed by atoms with E-state index < -0.39 is 6.04 Å². The first-order valence-electron chi connectivity index (χ1n) is 3.93. The predicted molar refractivity (Wildman–Crippen MR) is 48.7 cm³/mol. The van der Waals surface area contributed by atoms with Crippen molar-refractivity contribution in [3.8, 4) is 11.5 Å². The summed E-state index contributed by atoms with van der Waals surface area (Å²) in [4.78, 5) is 0. The summed E-state index contributed by atoms with van der Waals surface area (Å²) in [5, 5.41) is 18.4. The number of phenolic OH excluding ortho intramolecular Hbond substituents is 1. The minimum Gasteiger partial charge on any atom is -0.504 e. The highest BCUT2D eigenvalue weighted by Gasteiger charge is 2.12. The molecule has 0 aliphatic rings. The Morgan fingerprint density at radius 2 is 2.23 bits per heavy atom. The van der Waals surface area contributed by atoms with E-state index in [2.05, 4.69) is 0 Å².